The van der Waals surface area contributed by atoms with E-state index in [1.54, 1.807) is 0 Å². The zero-order valence-corrected chi connectivity index (χ0v) is 14.7. The zero-order chi connectivity index (χ0) is 16.4. The molecule has 3 rings (SSSR count). The van der Waals surface area contributed by atoms with Crippen molar-refractivity contribution in [2.24, 2.45) is 0 Å². The lowest BCUT2D eigenvalue weighted by Crippen LogP contribution is -2.28. The summed E-state index contributed by atoms with van der Waals surface area (Å²) in [6.45, 7) is 6.29. The lowest BCUT2D eigenvalue weighted by molar-refractivity contribution is 0.474. The van der Waals surface area contributed by atoms with E-state index in [1.807, 2.05) is 31.3 Å². The quantitative estimate of drug-likeness (QED) is 0.865. The van der Waals surface area contributed by atoms with Gasteiger partial charge < -0.3 is 15.0 Å². The van der Waals surface area contributed by atoms with Gasteiger partial charge in [-0.05, 0) is 63.2 Å². The van der Waals surface area contributed by atoms with Gasteiger partial charge in [0.1, 0.15) is 11.5 Å². The summed E-state index contributed by atoms with van der Waals surface area (Å²) < 4.78 is 6.12. The van der Waals surface area contributed by atoms with Crippen LogP contribution in [0.2, 0.25) is 5.02 Å². The lowest BCUT2D eigenvalue weighted by atomic mass is 10.1. The Kier molecular flexibility index (Phi) is 4.79. The second-order valence-electron chi connectivity index (χ2n) is 6.21. The van der Waals surface area contributed by atoms with Crippen LogP contribution in [0.4, 0.5) is 5.69 Å². The van der Waals surface area contributed by atoms with Gasteiger partial charge in [0.25, 0.3) is 0 Å². The van der Waals surface area contributed by atoms with Crippen LogP contribution in [0.5, 0.6) is 11.5 Å². The Bertz CT molecular complexity index is 700. The number of hydrogen-bond donors (Lipinski definition) is 1. The molecule has 0 fully saturated rings. The van der Waals surface area contributed by atoms with Gasteiger partial charge in [-0.2, -0.15) is 0 Å². The van der Waals surface area contributed by atoms with Gasteiger partial charge in [0, 0.05) is 35.4 Å². The van der Waals surface area contributed by atoms with E-state index in [4.69, 9.17) is 16.3 Å². The Balaban J connectivity index is 1.86. The highest BCUT2D eigenvalue weighted by Crippen LogP contribution is 2.35. The summed E-state index contributed by atoms with van der Waals surface area (Å²) in [5.74, 6) is 1.68. The Morgan fingerprint density at radius 1 is 1.22 bits per heavy atom. The average molecular weight is 331 g/mol. The maximum absolute atomic E-state index is 6.12. The summed E-state index contributed by atoms with van der Waals surface area (Å²) in [5.41, 5.74) is 3.78. The predicted octanol–water partition coefficient (Wildman–Crippen LogP) is 4.62. The van der Waals surface area contributed by atoms with E-state index < -0.39 is 0 Å². The van der Waals surface area contributed by atoms with Crippen LogP contribution in [0.25, 0.3) is 0 Å². The minimum atomic E-state index is 0.526. The first-order valence-corrected chi connectivity index (χ1v) is 8.46. The zero-order valence-electron chi connectivity index (χ0n) is 13.9. The summed E-state index contributed by atoms with van der Waals surface area (Å²) in [4.78, 5) is 2.44. The third kappa shape index (κ3) is 3.46. The van der Waals surface area contributed by atoms with Crippen molar-refractivity contribution in [3.8, 4) is 11.5 Å². The molecule has 2 aromatic rings. The predicted molar refractivity (Wildman–Crippen MR) is 96.9 cm³/mol. The van der Waals surface area contributed by atoms with Gasteiger partial charge in [-0.3, -0.25) is 0 Å². The molecule has 0 spiro atoms. The molecule has 0 bridgehead atoms. The fourth-order valence-electron chi connectivity index (χ4n) is 3.09. The first-order valence-electron chi connectivity index (χ1n) is 8.09. The van der Waals surface area contributed by atoms with Crippen LogP contribution in [0.3, 0.4) is 0 Å². The fourth-order valence-corrected chi connectivity index (χ4v) is 3.25. The third-order valence-corrected chi connectivity index (χ3v) is 4.47. The van der Waals surface area contributed by atoms with E-state index in [0.29, 0.717) is 11.1 Å². The second-order valence-corrected chi connectivity index (χ2v) is 6.65. The molecule has 0 amide bonds. The number of hydrogen-bond acceptors (Lipinski definition) is 3. The molecule has 0 unspecified atom stereocenters. The van der Waals surface area contributed by atoms with Crippen LogP contribution in [0, 0.1) is 0 Å². The van der Waals surface area contributed by atoms with Crippen molar-refractivity contribution >= 4 is 17.3 Å². The van der Waals surface area contributed by atoms with Gasteiger partial charge in [-0.15, -0.1) is 0 Å². The minimum Gasteiger partial charge on any atom is -0.457 e. The van der Waals surface area contributed by atoms with E-state index in [0.717, 1.165) is 36.6 Å². The molecule has 0 saturated carbocycles. The molecule has 0 saturated heterocycles. The summed E-state index contributed by atoms with van der Waals surface area (Å²) in [5, 5.41) is 3.85. The average Bonchev–Trinajstić information content (AvgIpc) is 2.93. The van der Waals surface area contributed by atoms with Crippen LogP contribution in [-0.4, -0.2) is 19.6 Å². The van der Waals surface area contributed by atoms with Crippen molar-refractivity contribution in [1.82, 2.24) is 5.32 Å². The lowest BCUT2D eigenvalue weighted by Gasteiger charge is -2.24. The molecule has 0 radical (unpaired) electrons. The molecule has 1 N–H and O–H groups in total. The van der Waals surface area contributed by atoms with E-state index >= 15 is 0 Å². The van der Waals surface area contributed by atoms with Crippen LogP contribution in [-0.2, 0) is 13.0 Å². The van der Waals surface area contributed by atoms with Crippen molar-refractivity contribution in [3.63, 3.8) is 0 Å². The molecule has 1 heterocycles. The van der Waals surface area contributed by atoms with Crippen molar-refractivity contribution in [2.45, 2.75) is 32.9 Å². The largest absolute Gasteiger partial charge is 0.457 e. The summed E-state index contributed by atoms with van der Waals surface area (Å²) in [6, 6.07) is 12.7. The highest BCUT2D eigenvalue weighted by atomic mass is 35.5. The second kappa shape index (κ2) is 6.81. The topological polar surface area (TPSA) is 24.5 Å². The number of nitrogens with one attached hydrogen (secondary N) is 1. The Labute approximate surface area is 143 Å². The number of halogens is 1. The molecule has 1 aliphatic rings. The summed E-state index contributed by atoms with van der Waals surface area (Å²) in [6.07, 6.45) is 1.07. The summed E-state index contributed by atoms with van der Waals surface area (Å²) >= 11 is 6.12. The number of rotatable bonds is 5. The molecule has 122 valence electrons. The molecule has 0 atom stereocenters. The standard InChI is InChI=1S/C19H23ClN2O/c1-13(2)22-9-8-14-10-17(6-7-18(14)22)23-19-11-16(20)5-4-15(19)12-21-3/h4-7,10-11,13,21H,8-9,12H2,1-3H3. The number of ether oxygens (including phenoxy) is 1. The van der Waals surface area contributed by atoms with Crippen molar-refractivity contribution < 1.29 is 4.74 Å². The van der Waals surface area contributed by atoms with Crippen LogP contribution >= 0.6 is 11.6 Å². The molecule has 0 aliphatic carbocycles. The molecular formula is C19H23ClN2O. The molecule has 2 aromatic carbocycles. The highest BCUT2D eigenvalue weighted by molar-refractivity contribution is 6.30. The van der Waals surface area contributed by atoms with Crippen LogP contribution in [0.15, 0.2) is 36.4 Å². The number of anilines is 1. The molecular weight excluding hydrogens is 308 g/mol. The van der Waals surface area contributed by atoms with Gasteiger partial charge in [0.2, 0.25) is 0 Å². The van der Waals surface area contributed by atoms with Crippen LogP contribution < -0.4 is 15.0 Å². The third-order valence-electron chi connectivity index (χ3n) is 4.23. The van der Waals surface area contributed by atoms with Crippen molar-refractivity contribution in [1.29, 1.82) is 0 Å². The van der Waals surface area contributed by atoms with E-state index in [1.165, 1.54) is 11.3 Å². The summed E-state index contributed by atoms with van der Waals surface area (Å²) in [7, 11) is 1.92. The monoisotopic (exact) mass is 330 g/mol. The Hall–Kier alpha value is -1.71. The molecule has 23 heavy (non-hydrogen) atoms. The molecule has 0 aromatic heterocycles. The van der Waals surface area contributed by atoms with E-state index in [9.17, 15) is 0 Å². The van der Waals surface area contributed by atoms with E-state index in [-0.39, 0.29) is 0 Å². The Morgan fingerprint density at radius 3 is 2.78 bits per heavy atom. The number of benzene rings is 2. The van der Waals surface area contributed by atoms with Gasteiger partial charge in [-0.25, -0.2) is 0 Å². The van der Waals surface area contributed by atoms with Gasteiger partial charge in [0.15, 0.2) is 0 Å². The normalized spacial score (nSPS) is 13.5. The molecule has 1 aliphatic heterocycles. The number of nitrogens with zero attached hydrogens (tertiary/aromatic N) is 1. The highest BCUT2D eigenvalue weighted by Gasteiger charge is 2.21. The first-order chi connectivity index (χ1) is 11.1. The van der Waals surface area contributed by atoms with Crippen molar-refractivity contribution in [3.05, 3.63) is 52.5 Å². The SMILES string of the molecule is CNCc1ccc(Cl)cc1Oc1ccc2c(c1)CCN2C(C)C. The minimum absolute atomic E-state index is 0.526. The Morgan fingerprint density at radius 2 is 2.04 bits per heavy atom. The number of fused-ring (bicyclic) bond motifs is 1. The van der Waals surface area contributed by atoms with Gasteiger partial charge in [0.05, 0.1) is 0 Å². The smallest absolute Gasteiger partial charge is 0.133 e. The first kappa shape index (κ1) is 16.2. The van der Waals surface area contributed by atoms with E-state index in [2.05, 4.69) is 36.2 Å². The van der Waals surface area contributed by atoms with Gasteiger partial charge in [-0.1, -0.05) is 17.7 Å². The van der Waals surface area contributed by atoms with Gasteiger partial charge >= 0.3 is 0 Å². The van der Waals surface area contributed by atoms with Crippen LogP contribution in [0.1, 0.15) is 25.0 Å². The molecule has 4 heteroatoms. The maximum Gasteiger partial charge on any atom is 0.133 e. The fraction of sp³-hybridized carbons (Fsp3) is 0.368. The molecule has 3 nitrogen and oxygen atoms in total. The maximum atomic E-state index is 6.12. The van der Waals surface area contributed by atoms with Crippen molar-refractivity contribution in [2.75, 3.05) is 18.5 Å².